The van der Waals surface area contributed by atoms with Crippen LogP contribution in [0.5, 0.6) is 5.75 Å². The summed E-state index contributed by atoms with van der Waals surface area (Å²) in [5, 5.41) is 14.8. The van der Waals surface area contributed by atoms with Gasteiger partial charge in [0.25, 0.3) is 0 Å². The summed E-state index contributed by atoms with van der Waals surface area (Å²) in [6, 6.07) is 18.9. The van der Waals surface area contributed by atoms with Crippen molar-refractivity contribution in [2.75, 3.05) is 0 Å². The van der Waals surface area contributed by atoms with Crippen LogP contribution in [0.2, 0.25) is 0 Å². The molecule has 1 fully saturated rings. The first-order valence-electron chi connectivity index (χ1n) is 11.8. The smallest absolute Gasteiger partial charge is 0.406 e. The number of alkyl halides is 3. The average molecular weight is 677 g/mol. The summed E-state index contributed by atoms with van der Waals surface area (Å²) in [5.74, 6) is -0.467. The maximum absolute atomic E-state index is 13.2. The second-order valence-corrected chi connectivity index (χ2v) is 12.7. The van der Waals surface area contributed by atoms with Crippen LogP contribution in [-0.4, -0.2) is 33.9 Å². The van der Waals surface area contributed by atoms with Crippen molar-refractivity contribution in [2.45, 2.75) is 54.7 Å². The SMILES string of the molecule is N=S(=O)(NC1CCCC(NC(c2ccc(Br)cc2)c2ccc(Br)cc2)C1O)c1ccc(OC(F)(F)F)cc1. The van der Waals surface area contributed by atoms with Crippen LogP contribution >= 0.6 is 31.9 Å². The van der Waals surface area contributed by atoms with Gasteiger partial charge in [-0.05, 0) is 72.5 Å². The molecule has 12 heteroatoms. The highest BCUT2D eigenvalue weighted by molar-refractivity contribution is 9.10. The minimum Gasteiger partial charge on any atom is -0.406 e. The highest BCUT2D eigenvalue weighted by atomic mass is 79.9. The van der Waals surface area contributed by atoms with E-state index in [0.717, 1.165) is 44.3 Å². The first-order valence-corrected chi connectivity index (χ1v) is 14.9. The molecule has 4 atom stereocenters. The lowest BCUT2D eigenvalue weighted by atomic mass is 9.87. The van der Waals surface area contributed by atoms with Crippen LogP contribution in [0.3, 0.4) is 0 Å². The molecule has 0 spiro atoms. The van der Waals surface area contributed by atoms with Gasteiger partial charge < -0.3 is 15.2 Å². The molecule has 0 heterocycles. The lowest BCUT2D eigenvalue weighted by molar-refractivity contribution is -0.274. The number of halogens is 5. The third-order valence-corrected chi connectivity index (χ3v) is 8.98. The lowest BCUT2D eigenvalue weighted by Crippen LogP contribution is -2.55. The first kappa shape index (κ1) is 29.0. The van der Waals surface area contributed by atoms with Gasteiger partial charge in [-0.25, -0.2) is 13.7 Å². The predicted octanol–water partition coefficient (Wildman–Crippen LogP) is 6.68. The molecule has 4 unspecified atom stereocenters. The quantitative estimate of drug-likeness (QED) is 0.214. The molecule has 1 aliphatic carbocycles. The molecule has 38 heavy (non-hydrogen) atoms. The zero-order valence-corrected chi connectivity index (χ0v) is 23.9. The molecule has 4 rings (SSSR count). The van der Waals surface area contributed by atoms with E-state index in [9.17, 15) is 22.5 Å². The van der Waals surface area contributed by atoms with E-state index in [1.807, 2.05) is 48.5 Å². The van der Waals surface area contributed by atoms with Gasteiger partial charge in [-0.3, -0.25) is 0 Å². The van der Waals surface area contributed by atoms with Crippen molar-refractivity contribution in [1.82, 2.24) is 10.0 Å². The Hall–Kier alpha value is -1.96. The Morgan fingerprint density at radius 1 is 0.895 bits per heavy atom. The van der Waals surface area contributed by atoms with Crippen molar-refractivity contribution in [3.63, 3.8) is 0 Å². The normalized spacial score (nSPS) is 21.7. The van der Waals surface area contributed by atoms with Crippen molar-refractivity contribution in [3.8, 4) is 5.75 Å². The molecular weight excluding hydrogens is 651 g/mol. The molecule has 204 valence electrons. The van der Waals surface area contributed by atoms with E-state index in [1.54, 1.807) is 0 Å². The molecule has 0 amide bonds. The summed E-state index contributed by atoms with van der Waals surface area (Å²) in [5.41, 5.74) is 2.01. The van der Waals surface area contributed by atoms with Crippen LogP contribution in [0.25, 0.3) is 0 Å². The largest absolute Gasteiger partial charge is 0.573 e. The van der Waals surface area contributed by atoms with Gasteiger partial charge in [-0.1, -0.05) is 62.5 Å². The number of hydrogen-bond donors (Lipinski definition) is 4. The number of hydrogen-bond acceptors (Lipinski definition) is 5. The van der Waals surface area contributed by atoms with E-state index >= 15 is 0 Å². The number of aliphatic hydroxyl groups excluding tert-OH is 1. The lowest BCUT2D eigenvalue weighted by Gasteiger charge is -2.38. The summed E-state index contributed by atoms with van der Waals surface area (Å²) in [4.78, 5) is -0.00286. The number of benzene rings is 3. The number of ether oxygens (including phenoxy) is 1. The summed E-state index contributed by atoms with van der Waals surface area (Å²) in [6.07, 6.45) is -3.93. The van der Waals surface area contributed by atoms with Crippen molar-refractivity contribution in [1.29, 1.82) is 4.78 Å². The Bertz CT molecular complexity index is 1280. The van der Waals surface area contributed by atoms with Crippen LogP contribution in [0.4, 0.5) is 13.2 Å². The number of aliphatic hydroxyl groups is 1. The summed E-state index contributed by atoms with van der Waals surface area (Å²) in [6.45, 7) is 0. The third-order valence-electron chi connectivity index (χ3n) is 6.35. The standard InChI is InChI=1S/C26H26Br2F3N3O3S/c27-18-8-4-16(5-9-18)24(17-6-10-19(28)11-7-17)33-22-2-1-3-23(25(22)35)34-38(32,36)21-14-12-20(13-15-21)37-26(29,30)31/h4-15,22-25,33,35H,1-3H2,(H2,32,34,36). The zero-order chi connectivity index (χ0) is 27.5. The maximum Gasteiger partial charge on any atom is 0.573 e. The molecule has 0 aromatic heterocycles. The molecule has 3 aromatic rings. The minimum atomic E-state index is -4.85. The molecule has 0 aliphatic heterocycles. The molecule has 6 nitrogen and oxygen atoms in total. The number of nitrogens with one attached hydrogen (secondary N) is 3. The Balaban J connectivity index is 1.50. The summed E-state index contributed by atoms with van der Waals surface area (Å²) in [7, 11) is -3.60. The first-order chi connectivity index (χ1) is 17.9. The fraction of sp³-hybridized carbons (Fsp3) is 0.308. The Morgan fingerprint density at radius 3 is 1.89 bits per heavy atom. The van der Waals surface area contributed by atoms with E-state index in [2.05, 4.69) is 46.6 Å². The molecule has 4 N–H and O–H groups in total. The summed E-state index contributed by atoms with van der Waals surface area (Å²) >= 11 is 6.93. The van der Waals surface area contributed by atoms with E-state index in [-0.39, 0.29) is 17.0 Å². The predicted molar refractivity (Wildman–Crippen MR) is 146 cm³/mol. The molecule has 1 aliphatic rings. The second-order valence-electron chi connectivity index (χ2n) is 9.03. The van der Waals surface area contributed by atoms with Crippen molar-refractivity contribution in [2.24, 2.45) is 0 Å². The Labute approximate surface area is 236 Å². The maximum atomic E-state index is 13.2. The van der Waals surface area contributed by atoms with Crippen LogP contribution in [0, 0.1) is 4.78 Å². The Kier molecular flexibility index (Phi) is 9.21. The Morgan fingerprint density at radius 2 is 1.39 bits per heavy atom. The van der Waals surface area contributed by atoms with Gasteiger partial charge in [-0.2, -0.15) is 0 Å². The monoisotopic (exact) mass is 675 g/mol. The van der Waals surface area contributed by atoms with Crippen molar-refractivity contribution < 1.29 is 27.2 Å². The van der Waals surface area contributed by atoms with Crippen LogP contribution in [-0.2, 0) is 9.92 Å². The van der Waals surface area contributed by atoms with Crippen molar-refractivity contribution >= 4 is 41.8 Å². The molecule has 0 bridgehead atoms. The van der Waals surface area contributed by atoms with Gasteiger partial charge in [-0.15, -0.1) is 13.2 Å². The van der Waals surface area contributed by atoms with E-state index in [0.29, 0.717) is 19.3 Å². The molecule has 1 saturated carbocycles. The molecular formula is C26H26Br2F3N3O3S. The van der Waals surface area contributed by atoms with Crippen LogP contribution < -0.4 is 14.8 Å². The van der Waals surface area contributed by atoms with Gasteiger partial charge in [0.15, 0.2) is 0 Å². The van der Waals surface area contributed by atoms with E-state index in [1.165, 1.54) is 0 Å². The highest BCUT2D eigenvalue weighted by Crippen LogP contribution is 2.30. The van der Waals surface area contributed by atoms with Gasteiger partial charge in [0.2, 0.25) is 0 Å². The van der Waals surface area contributed by atoms with E-state index < -0.39 is 34.2 Å². The second kappa shape index (κ2) is 12.1. The number of rotatable bonds is 8. The van der Waals surface area contributed by atoms with Crippen molar-refractivity contribution in [3.05, 3.63) is 92.9 Å². The fourth-order valence-electron chi connectivity index (χ4n) is 4.51. The molecule has 0 radical (unpaired) electrons. The molecule has 3 aromatic carbocycles. The topological polar surface area (TPSA) is 94.4 Å². The zero-order valence-electron chi connectivity index (χ0n) is 19.9. The van der Waals surface area contributed by atoms with E-state index in [4.69, 9.17) is 4.78 Å². The minimum absolute atomic E-state index is 0.00286. The average Bonchev–Trinajstić information content (AvgIpc) is 2.85. The third kappa shape index (κ3) is 7.57. The molecule has 0 saturated heterocycles. The van der Waals surface area contributed by atoms with Gasteiger partial charge in [0.05, 0.1) is 17.0 Å². The van der Waals surface area contributed by atoms with Gasteiger partial charge in [0, 0.05) is 21.0 Å². The fourth-order valence-corrected chi connectivity index (χ4v) is 6.38. The van der Waals surface area contributed by atoms with Crippen LogP contribution in [0.15, 0.2) is 86.6 Å². The van der Waals surface area contributed by atoms with Crippen LogP contribution in [0.1, 0.15) is 36.4 Å². The van der Waals surface area contributed by atoms with Gasteiger partial charge >= 0.3 is 6.36 Å². The summed E-state index contributed by atoms with van der Waals surface area (Å²) < 4.78 is 67.4. The highest BCUT2D eigenvalue weighted by Gasteiger charge is 2.36. The van der Waals surface area contributed by atoms with Gasteiger partial charge in [0.1, 0.15) is 15.7 Å².